The molecule has 5 nitrogen and oxygen atoms in total. The second-order valence-corrected chi connectivity index (χ2v) is 6.37. The SMILES string of the molecule is O=[N+]([O-])C1=CCC(Cl)(S(=O)(=O)Cl)C=C1. The fourth-order valence-electron chi connectivity index (χ4n) is 0.906. The van der Waals surface area contributed by atoms with Gasteiger partial charge in [0.05, 0.1) is 4.92 Å². The van der Waals surface area contributed by atoms with Gasteiger partial charge in [0.25, 0.3) is 14.7 Å². The zero-order chi connectivity index (χ0) is 11.0. The van der Waals surface area contributed by atoms with Gasteiger partial charge in [-0.15, -0.1) is 0 Å². The third kappa shape index (κ3) is 2.08. The molecule has 0 fully saturated rings. The first-order chi connectivity index (χ1) is 6.26. The molecule has 1 rings (SSSR count). The Morgan fingerprint density at radius 3 is 2.43 bits per heavy atom. The summed E-state index contributed by atoms with van der Waals surface area (Å²) in [5.41, 5.74) is -0.193. The Bertz CT molecular complexity index is 427. The molecule has 0 N–H and O–H groups in total. The average Bonchev–Trinajstić information content (AvgIpc) is 2.03. The molecule has 1 aliphatic carbocycles. The summed E-state index contributed by atoms with van der Waals surface area (Å²) < 4.78 is 20.2. The Hall–Kier alpha value is -0.590. The van der Waals surface area contributed by atoms with Gasteiger partial charge in [-0.05, 0) is 12.2 Å². The van der Waals surface area contributed by atoms with E-state index >= 15 is 0 Å². The molecule has 78 valence electrons. The second-order valence-electron chi connectivity index (χ2n) is 2.65. The van der Waals surface area contributed by atoms with Crippen molar-refractivity contribution in [2.75, 3.05) is 0 Å². The van der Waals surface area contributed by atoms with Gasteiger partial charge in [0.15, 0.2) is 4.21 Å². The van der Waals surface area contributed by atoms with Gasteiger partial charge in [0, 0.05) is 23.2 Å². The molecule has 8 heteroatoms. The Labute approximate surface area is 89.6 Å². The Morgan fingerprint density at radius 2 is 2.14 bits per heavy atom. The maximum absolute atomic E-state index is 11.0. The molecule has 14 heavy (non-hydrogen) atoms. The standard InChI is InChI=1S/C6H5Cl2NO4S/c7-6(14(8,12)13)3-1-5(2-4-6)9(10)11/h1-3H,4H2. The molecule has 0 saturated carbocycles. The van der Waals surface area contributed by atoms with Crippen LogP contribution in [0, 0.1) is 10.1 Å². The second kappa shape index (κ2) is 3.52. The van der Waals surface area contributed by atoms with Crippen molar-refractivity contribution < 1.29 is 13.3 Å². The predicted octanol–water partition coefficient (Wildman–Crippen LogP) is 1.61. The van der Waals surface area contributed by atoms with Crippen LogP contribution in [0.5, 0.6) is 0 Å². The number of halogens is 2. The minimum absolute atomic E-state index is 0.193. The molecule has 1 aliphatic rings. The summed E-state index contributed by atoms with van der Waals surface area (Å²) >= 11 is 5.65. The van der Waals surface area contributed by atoms with Crippen LogP contribution in [0.25, 0.3) is 0 Å². The van der Waals surface area contributed by atoms with E-state index in [1.54, 1.807) is 0 Å². The molecule has 0 aromatic carbocycles. The number of nitrogens with zero attached hydrogens (tertiary/aromatic N) is 1. The Kier molecular flexibility index (Phi) is 2.89. The predicted molar refractivity (Wildman–Crippen MR) is 52.2 cm³/mol. The number of alkyl halides is 1. The van der Waals surface area contributed by atoms with Crippen LogP contribution in [0.15, 0.2) is 23.9 Å². The van der Waals surface area contributed by atoms with Crippen molar-refractivity contribution in [1.29, 1.82) is 0 Å². The van der Waals surface area contributed by atoms with E-state index in [9.17, 15) is 18.5 Å². The van der Waals surface area contributed by atoms with Crippen LogP contribution in [0.2, 0.25) is 0 Å². The van der Waals surface area contributed by atoms with Crippen molar-refractivity contribution in [3.8, 4) is 0 Å². The summed E-state index contributed by atoms with van der Waals surface area (Å²) in [5, 5.41) is 10.3. The van der Waals surface area contributed by atoms with Gasteiger partial charge in [-0.1, -0.05) is 11.6 Å². The summed E-state index contributed by atoms with van der Waals surface area (Å²) in [6, 6.07) is 0. The highest BCUT2D eigenvalue weighted by Gasteiger charge is 2.40. The van der Waals surface area contributed by atoms with Gasteiger partial charge in [-0.3, -0.25) is 10.1 Å². The van der Waals surface area contributed by atoms with E-state index < -0.39 is 18.2 Å². The fraction of sp³-hybridized carbons (Fsp3) is 0.333. The van der Waals surface area contributed by atoms with Gasteiger partial charge in [-0.2, -0.15) is 0 Å². The molecule has 0 saturated heterocycles. The normalized spacial score (nSPS) is 27.1. The maximum atomic E-state index is 11.0. The lowest BCUT2D eigenvalue weighted by atomic mass is 10.1. The molecule has 0 radical (unpaired) electrons. The molecule has 0 spiro atoms. The van der Waals surface area contributed by atoms with Gasteiger partial charge < -0.3 is 0 Å². The molecule has 0 aliphatic heterocycles. The summed E-state index contributed by atoms with van der Waals surface area (Å²) in [6.45, 7) is 0. The summed E-state index contributed by atoms with van der Waals surface area (Å²) in [7, 11) is 1.08. The van der Waals surface area contributed by atoms with E-state index in [0.717, 1.165) is 18.2 Å². The van der Waals surface area contributed by atoms with E-state index in [1.165, 1.54) is 0 Å². The van der Waals surface area contributed by atoms with E-state index in [1.807, 2.05) is 0 Å². The number of hydrogen-bond donors (Lipinski definition) is 0. The quantitative estimate of drug-likeness (QED) is 0.326. The van der Waals surface area contributed by atoms with Crippen LogP contribution in [0.4, 0.5) is 0 Å². The first kappa shape index (κ1) is 11.5. The highest BCUT2D eigenvalue weighted by Crippen LogP contribution is 2.35. The molecular formula is C6H5Cl2NO4S. The van der Waals surface area contributed by atoms with E-state index in [0.29, 0.717) is 0 Å². The minimum atomic E-state index is -3.99. The topological polar surface area (TPSA) is 77.3 Å². The minimum Gasteiger partial charge on any atom is -0.258 e. The van der Waals surface area contributed by atoms with E-state index in [4.69, 9.17) is 22.3 Å². The van der Waals surface area contributed by atoms with Crippen molar-refractivity contribution >= 4 is 31.3 Å². The molecule has 1 atom stereocenters. The maximum Gasteiger partial charge on any atom is 0.265 e. The highest BCUT2D eigenvalue weighted by atomic mass is 35.7. The number of rotatable bonds is 2. The van der Waals surface area contributed by atoms with Crippen molar-refractivity contribution in [2.24, 2.45) is 0 Å². The molecule has 0 heterocycles. The van der Waals surface area contributed by atoms with Gasteiger partial charge >= 0.3 is 0 Å². The summed E-state index contributed by atoms with van der Waals surface area (Å²) in [6.07, 6.45) is 2.94. The van der Waals surface area contributed by atoms with E-state index in [2.05, 4.69) is 0 Å². The van der Waals surface area contributed by atoms with E-state index in [-0.39, 0.29) is 12.1 Å². The number of hydrogen-bond acceptors (Lipinski definition) is 4. The lowest BCUT2D eigenvalue weighted by Crippen LogP contribution is -2.27. The summed E-state index contributed by atoms with van der Waals surface area (Å²) in [4.78, 5) is 9.64. The Morgan fingerprint density at radius 1 is 1.57 bits per heavy atom. The fourth-order valence-corrected chi connectivity index (χ4v) is 1.90. The van der Waals surface area contributed by atoms with Crippen LogP contribution in [0.1, 0.15) is 6.42 Å². The first-order valence-electron chi connectivity index (χ1n) is 3.43. The monoisotopic (exact) mass is 257 g/mol. The molecule has 0 aromatic heterocycles. The molecule has 1 unspecified atom stereocenters. The molecule has 0 bridgehead atoms. The van der Waals surface area contributed by atoms with Crippen LogP contribution in [0.3, 0.4) is 0 Å². The smallest absolute Gasteiger partial charge is 0.258 e. The lowest BCUT2D eigenvalue weighted by molar-refractivity contribution is -0.419. The van der Waals surface area contributed by atoms with Crippen LogP contribution in [-0.2, 0) is 9.05 Å². The van der Waals surface area contributed by atoms with Crippen molar-refractivity contribution in [3.05, 3.63) is 34.0 Å². The zero-order valence-corrected chi connectivity index (χ0v) is 9.01. The van der Waals surface area contributed by atoms with Crippen LogP contribution < -0.4 is 0 Å². The number of allylic oxidation sites excluding steroid dienone is 2. The lowest BCUT2D eigenvalue weighted by Gasteiger charge is -2.19. The van der Waals surface area contributed by atoms with Crippen molar-refractivity contribution in [2.45, 2.75) is 10.6 Å². The van der Waals surface area contributed by atoms with Gasteiger partial charge in [0.2, 0.25) is 0 Å². The van der Waals surface area contributed by atoms with Crippen LogP contribution >= 0.6 is 22.3 Å². The zero-order valence-electron chi connectivity index (χ0n) is 6.68. The highest BCUT2D eigenvalue weighted by molar-refractivity contribution is 8.15. The Balaban J connectivity index is 3.00. The first-order valence-corrected chi connectivity index (χ1v) is 6.12. The van der Waals surface area contributed by atoms with Gasteiger partial charge in [0.1, 0.15) is 0 Å². The van der Waals surface area contributed by atoms with Crippen LogP contribution in [-0.4, -0.2) is 17.5 Å². The van der Waals surface area contributed by atoms with Crippen molar-refractivity contribution in [1.82, 2.24) is 0 Å². The molecule has 0 aromatic rings. The molecular weight excluding hydrogens is 253 g/mol. The largest absolute Gasteiger partial charge is 0.265 e. The summed E-state index contributed by atoms with van der Waals surface area (Å²) in [5.74, 6) is 0. The van der Waals surface area contributed by atoms with Gasteiger partial charge in [-0.25, -0.2) is 8.42 Å². The van der Waals surface area contributed by atoms with Crippen molar-refractivity contribution in [3.63, 3.8) is 0 Å². The molecule has 0 amide bonds. The third-order valence-corrected chi connectivity index (χ3v) is 4.77. The average molecular weight is 258 g/mol. The third-order valence-electron chi connectivity index (χ3n) is 1.71. The number of nitro groups is 1.